The van der Waals surface area contributed by atoms with Gasteiger partial charge in [0.2, 0.25) is 0 Å². The highest BCUT2D eigenvalue weighted by molar-refractivity contribution is 9.10. The molecule has 1 aromatic rings. The van der Waals surface area contributed by atoms with Crippen molar-refractivity contribution in [1.29, 1.82) is 0 Å². The summed E-state index contributed by atoms with van der Waals surface area (Å²) in [6.07, 6.45) is 2.55. The zero-order valence-corrected chi connectivity index (χ0v) is 10.8. The van der Waals surface area contributed by atoms with Crippen molar-refractivity contribution < 1.29 is 0 Å². The molecule has 0 bridgehead atoms. The number of anilines is 1. The van der Waals surface area contributed by atoms with Gasteiger partial charge in [-0.3, -0.25) is 0 Å². The summed E-state index contributed by atoms with van der Waals surface area (Å²) < 4.78 is 0.880. The lowest BCUT2D eigenvalue weighted by atomic mass is 10.1. The Balaban J connectivity index is 2.16. The molecular formula is C11H16BrN3. The summed E-state index contributed by atoms with van der Waals surface area (Å²) in [6.45, 7) is 6.46. The van der Waals surface area contributed by atoms with Crippen LogP contribution in [0.2, 0.25) is 0 Å². The molecule has 3 nitrogen and oxygen atoms in total. The van der Waals surface area contributed by atoms with Gasteiger partial charge in [0.25, 0.3) is 0 Å². The van der Waals surface area contributed by atoms with Crippen molar-refractivity contribution in [3.63, 3.8) is 0 Å². The van der Waals surface area contributed by atoms with E-state index in [0.717, 1.165) is 35.3 Å². The van der Waals surface area contributed by atoms with Crippen LogP contribution in [0.3, 0.4) is 0 Å². The average Bonchev–Trinajstić information content (AvgIpc) is 2.64. The van der Waals surface area contributed by atoms with Crippen molar-refractivity contribution >= 4 is 21.7 Å². The third-order valence-corrected chi connectivity index (χ3v) is 3.39. The fourth-order valence-corrected chi connectivity index (χ4v) is 2.51. The molecule has 1 aromatic heterocycles. The molecule has 4 heteroatoms. The van der Waals surface area contributed by atoms with Crippen LogP contribution in [0.25, 0.3) is 0 Å². The van der Waals surface area contributed by atoms with E-state index in [4.69, 9.17) is 0 Å². The SMILES string of the molecule is CCC1CCN(c2cc(Br)nc(C)n2)C1. The molecule has 0 amide bonds. The van der Waals surface area contributed by atoms with Gasteiger partial charge in [-0.25, -0.2) is 9.97 Å². The highest BCUT2D eigenvalue weighted by atomic mass is 79.9. The van der Waals surface area contributed by atoms with Crippen LogP contribution in [0, 0.1) is 12.8 Å². The number of hydrogen-bond donors (Lipinski definition) is 0. The first-order valence-electron chi connectivity index (χ1n) is 5.45. The smallest absolute Gasteiger partial charge is 0.133 e. The molecule has 1 aliphatic rings. The van der Waals surface area contributed by atoms with Gasteiger partial charge in [0.1, 0.15) is 16.2 Å². The van der Waals surface area contributed by atoms with Crippen molar-refractivity contribution in [2.24, 2.45) is 5.92 Å². The molecule has 0 aromatic carbocycles. The lowest BCUT2D eigenvalue weighted by molar-refractivity contribution is 0.568. The average molecular weight is 270 g/mol. The van der Waals surface area contributed by atoms with E-state index in [1.54, 1.807) is 0 Å². The molecular weight excluding hydrogens is 254 g/mol. The van der Waals surface area contributed by atoms with Crippen molar-refractivity contribution in [2.75, 3.05) is 18.0 Å². The highest BCUT2D eigenvalue weighted by Gasteiger charge is 2.22. The van der Waals surface area contributed by atoms with E-state index >= 15 is 0 Å². The first-order chi connectivity index (χ1) is 7.19. The Bertz CT molecular complexity index is 333. The van der Waals surface area contributed by atoms with Crippen LogP contribution in [0.4, 0.5) is 5.82 Å². The second-order valence-corrected chi connectivity index (χ2v) is 4.92. The van der Waals surface area contributed by atoms with Crippen LogP contribution < -0.4 is 4.90 Å². The molecule has 0 spiro atoms. The fourth-order valence-electron chi connectivity index (χ4n) is 2.05. The number of aryl methyl sites for hydroxylation is 1. The minimum atomic E-state index is 0.832. The van der Waals surface area contributed by atoms with E-state index in [0.29, 0.717) is 0 Å². The van der Waals surface area contributed by atoms with Gasteiger partial charge in [0.15, 0.2) is 0 Å². The molecule has 1 atom stereocenters. The summed E-state index contributed by atoms with van der Waals surface area (Å²) in [5.41, 5.74) is 0. The summed E-state index contributed by atoms with van der Waals surface area (Å²) in [5, 5.41) is 0. The minimum Gasteiger partial charge on any atom is -0.356 e. The summed E-state index contributed by atoms with van der Waals surface area (Å²) in [7, 11) is 0. The fraction of sp³-hybridized carbons (Fsp3) is 0.636. The predicted octanol–water partition coefficient (Wildman–Crippen LogP) is 2.78. The molecule has 15 heavy (non-hydrogen) atoms. The molecule has 0 radical (unpaired) electrons. The zero-order valence-electron chi connectivity index (χ0n) is 9.20. The third-order valence-electron chi connectivity index (χ3n) is 2.98. The van der Waals surface area contributed by atoms with Gasteiger partial charge < -0.3 is 4.90 Å². The van der Waals surface area contributed by atoms with Crippen LogP contribution in [-0.4, -0.2) is 23.1 Å². The van der Waals surface area contributed by atoms with Crippen molar-refractivity contribution in [3.8, 4) is 0 Å². The first-order valence-corrected chi connectivity index (χ1v) is 6.24. The molecule has 2 heterocycles. The Kier molecular flexibility index (Phi) is 3.24. The molecule has 82 valence electrons. The number of rotatable bonds is 2. The maximum Gasteiger partial charge on any atom is 0.133 e. The van der Waals surface area contributed by atoms with E-state index in [-0.39, 0.29) is 0 Å². The van der Waals surface area contributed by atoms with Crippen molar-refractivity contribution in [3.05, 3.63) is 16.5 Å². The molecule has 0 N–H and O–H groups in total. The van der Waals surface area contributed by atoms with Gasteiger partial charge in [-0.1, -0.05) is 13.3 Å². The van der Waals surface area contributed by atoms with Crippen LogP contribution in [0.1, 0.15) is 25.6 Å². The van der Waals surface area contributed by atoms with E-state index in [9.17, 15) is 0 Å². The van der Waals surface area contributed by atoms with Crippen LogP contribution in [-0.2, 0) is 0 Å². The monoisotopic (exact) mass is 269 g/mol. The van der Waals surface area contributed by atoms with Crippen molar-refractivity contribution in [2.45, 2.75) is 26.7 Å². The van der Waals surface area contributed by atoms with Crippen LogP contribution >= 0.6 is 15.9 Å². The maximum absolute atomic E-state index is 4.47. The second kappa shape index (κ2) is 4.47. The van der Waals surface area contributed by atoms with Crippen LogP contribution in [0.15, 0.2) is 10.7 Å². The topological polar surface area (TPSA) is 29.0 Å². The standard InChI is InChI=1S/C11H16BrN3/c1-3-9-4-5-15(7-9)11-6-10(12)13-8(2)14-11/h6,9H,3-5,7H2,1-2H3. The summed E-state index contributed by atoms with van der Waals surface area (Å²) >= 11 is 3.41. The number of aromatic nitrogens is 2. The van der Waals surface area contributed by atoms with Gasteiger partial charge in [0.05, 0.1) is 0 Å². The minimum absolute atomic E-state index is 0.832. The van der Waals surface area contributed by atoms with E-state index in [2.05, 4.69) is 37.7 Å². The third kappa shape index (κ3) is 2.48. The maximum atomic E-state index is 4.47. The number of nitrogens with zero attached hydrogens (tertiary/aromatic N) is 3. The lowest BCUT2D eigenvalue weighted by Crippen LogP contribution is -2.21. The largest absolute Gasteiger partial charge is 0.356 e. The Morgan fingerprint density at radius 1 is 1.53 bits per heavy atom. The normalized spacial score (nSPS) is 21.0. The summed E-state index contributed by atoms with van der Waals surface area (Å²) in [5.74, 6) is 2.73. The quantitative estimate of drug-likeness (QED) is 0.774. The van der Waals surface area contributed by atoms with Crippen LogP contribution in [0.5, 0.6) is 0 Å². The van der Waals surface area contributed by atoms with E-state index < -0.39 is 0 Å². The Morgan fingerprint density at radius 2 is 2.33 bits per heavy atom. The van der Waals surface area contributed by atoms with Gasteiger partial charge in [-0.15, -0.1) is 0 Å². The predicted molar refractivity (Wildman–Crippen MR) is 65.1 cm³/mol. The lowest BCUT2D eigenvalue weighted by Gasteiger charge is -2.17. The Hall–Kier alpha value is -0.640. The van der Waals surface area contributed by atoms with E-state index in [1.807, 2.05) is 13.0 Å². The van der Waals surface area contributed by atoms with Gasteiger partial charge >= 0.3 is 0 Å². The first kappa shape index (κ1) is 10.9. The van der Waals surface area contributed by atoms with Crippen molar-refractivity contribution in [1.82, 2.24) is 9.97 Å². The molecule has 0 aliphatic carbocycles. The molecule has 0 saturated carbocycles. The molecule has 1 unspecified atom stereocenters. The zero-order chi connectivity index (χ0) is 10.8. The van der Waals surface area contributed by atoms with Gasteiger partial charge in [-0.05, 0) is 35.2 Å². The van der Waals surface area contributed by atoms with Gasteiger partial charge in [0, 0.05) is 19.2 Å². The molecule has 1 saturated heterocycles. The molecule has 1 aliphatic heterocycles. The summed E-state index contributed by atoms with van der Waals surface area (Å²) in [4.78, 5) is 11.0. The van der Waals surface area contributed by atoms with E-state index in [1.165, 1.54) is 12.8 Å². The Morgan fingerprint density at radius 3 is 2.93 bits per heavy atom. The number of hydrogen-bond acceptors (Lipinski definition) is 3. The Labute approximate surface area is 99.0 Å². The molecule has 1 fully saturated rings. The summed E-state index contributed by atoms with van der Waals surface area (Å²) in [6, 6.07) is 2.00. The van der Waals surface area contributed by atoms with Gasteiger partial charge in [-0.2, -0.15) is 0 Å². The molecule has 2 rings (SSSR count). The second-order valence-electron chi connectivity index (χ2n) is 4.11. The highest BCUT2D eigenvalue weighted by Crippen LogP contribution is 2.25. The number of halogens is 1.